The Balaban J connectivity index is 1.28. The third-order valence-electron chi connectivity index (χ3n) is 10.5. The molecule has 1 aromatic carbocycles. The summed E-state index contributed by atoms with van der Waals surface area (Å²) >= 11 is 0. The van der Waals surface area contributed by atoms with Crippen LogP contribution in [0.4, 0.5) is 5.69 Å². The predicted molar refractivity (Wildman–Crippen MR) is 222 cm³/mol. The van der Waals surface area contributed by atoms with Crippen LogP contribution in [0.3, 0.4) is 0 Å². The molecule has 4 heterocycles. The molecule has 0 bridgehead atoms. The zero-order valence-electron chi connectivity index (χ0n) is 33.6. The van der Waals surface area contributed by atoms with Crippen molar-refractivity contribution in [2.24, 2.45) is 10.4 Å². The van der Waals surface area contributed by atoms with Gasteiger partial charge in [-0.05, 0) is 66.8 Å². The van der Waals surface area contributed by atoms with Crippen LogP contribution in [0.15, 0.2) is 112 Å². The number of fused-ring (bicyclic) bond motifs is 2. The van der Waals surface area contributed by atoms with Gasteiger partial charge in [-0.25, -0.2) is 18.7 Å². The molecule has 1 unspecified atom stereocenters. The molecular weight excluding hydrogens is 803 g/mol. The van der Waals surface area contributed by atoms with Crippen molar-refractivity contribution in [1.82, 2.24) is 15.1 Å². The van der Waals surface area contributed by atoms with E-state index in [-0.39, 0.29) is 22.6 Å². The van der Waals surface area contributed by atoms with E-state index in [4.69, 9.17) is 9.83 Å². The molecule has 1 atom stereocenters. The van der Waals surface area contributed by atoms with E-state index in [0.717, 1.165) is 28.2 Å². The van der Waals surface area contributed by atoms with Gasteiger partial charge < -0.3 is 24.9 Å². The van der Waals surface area contributed by atoms with E-state index in [9.17, 15) is 46.4 Å². The Kier molecular flexibility index (Phi) is 13.5. The lowest BCUT2D eigenvalue weighted by atomic mass is 9.78. The Labute approximate surface area is 344 Å². The quantitative estimate of drug-likeness (QED) is 0.0471. The molecule has 0 radical (unpaired) electrons. The zero-order chi connectivity index (χ0) is 43.3. The number of aliphatic imine (C=N–C) groups is 1. The minimum atomic E-state index is -4.44. The first kappa shape index (κ1) is 44.7. The number of carbonyl (C=O) groups excluding carboxylic acids is 2. The molecule has 0 spiro atoms. The molecule has 59 heavy (non-hydrogen) atoms. The Morgan fingerprint density at radius 2 is 1.58 bits per heavy atom. The van der Waals surface area contributed by atoms with Crippen molar-refractivity contribution >= 4 is 43.2 Å². The lowest BCUT2D eigenvalue weighted by Gasteiger charge is -2.34. The van der Waals surface area contributed by atoms with Gasteiger partial charge in [-0.2, -0.15) is 8.42 Å². The Hall–Kier alpha value is -5.43. The first-order valence-corrected chi connectivity index (χ1v) is 22.5. The number of hydrogen-bond donors (Lipinski definition) is 5. The number of aromatic hydroxyl groups is 2. The van der Waals surface area contributed by atoms with E-state index in [1.165, 1.54) is 30.5 Å². The minimum Gasteiger partial charge on any atom is -0.492 e. The van der Waals surface area contributed by atoms with E-state index in [2.05, 4.69) is 4.90 Å². The molecule has 3 aliphatic heterocycles. The number of nitrogens with one attached hydrogen (secondary N) is 1. The number of rotatable bonds is 17. The monoisotopic (exact) mass is 853 g/mol. The van der Waals surface area contributed by atoms with Gasteiger partial charge in [-0.3, -0.25) is 19.5 Å². The number of benzene rings is 1. The Morgan fingerprint density at radius 1 is 0.898 bits per heavy atom. The number of aromatic nitrogens is 1. The highest BCUT2D eigenvalue weighted by Crippen LogP contribution is 2.49. The van der Waals surface area contributed by atoms with Crippen LogP contribution in [0.5, 0.6) is 11.8 Å². The summed E-state index contributed by atoms with van der Waals surface area (Å²) in [5.74, 6) is -2.12. The fraction of sp³-hybridized carbons (Fsp3) is 0.390. The fourth-order valence-corrected chi connectivity index (χ4v) is 8.49. The first-order chi connectivity index (χ1) is 27.6. The molecule has 318 valence electrons. The second-order valence-corrected chi connectivity index (χ2v) is 19.3. The number of nitrogens with zero attached hydrogens (tertiary/aromatic N) is 4. The molecule has 18 heteroatoms. The summed E-state index contributed by atoms with van der Waals surface area (Å²) < 4.78 is 58.0. The van der Waals surface area contributed by atoms with Crippen molar-refractivity contribution in [2.75, 3.05) is 30.0 Å². The van der Waals surface area contributed by atoms with Gasteiger partial charge in [-0.15, -0.1) is 4.73 Å². The highest BCUT2D eigenvalue weighted by Gasteiger charge is 2.43. The number of unbranched alkanes of at least 4 members (excludes halogenated alkanes) is 2. The Morgan fingerprint density at radius 3 is 2.24 bits per heavy atom. The summed E-state index contributed by atoms with van der Waals surface area (Å²) in [6.07, 6.45) is 19.3. The number of sulfone groups is 1. The molecule has 5 rings (SSSR count). The molecule has 0 saturated heterocycles. The number of carbonyl (C=O) groups is 2. The second-order valence-electron chi connectivity index (χ2n) is 15.6. The number of amides is 1. The van der Waals surface area contributed by atoms with Crippen LogP contribution < -0.4 is 15.2 Å². The van der Waals surface area contributed by atoms with Gasteiger partial charge >= 0.3 is 5.97 Å². The average molecular weight is 854 g/mol. The second kappa shape index (κ2) is 17.8. The lowest BCUT2D eigenvalue weighted by molar-refractivity contribution is -0.145. The van der Waals surface area contributed by atoms with Crippen molar-refractivity contribution in [2.45, 2.75) is 76.3 Å². The van der Waals surface area contributed by atoms with Crippen molar-refractivity contribution in [3.05, 3.63) is 108 Å². The topological polar surface area (TPSA) is 228 Å². The Bertz CT molecular complexity index is 2380. The van der Waals surface area contributed by atoms with Crippen LogP contribution in [0.2, 0.25) is 0 Å². The predicted octanol–water partition coefficient (Wildman–Crippen LogP) is 4.88. The molecular formula is C41H51N5O11S2. The van der Waals surface area contributed by atoms with Gasteiger partial charge in [0.2, 0.25) is 11.8 Å². The molecule has 16 nitrogen and oxygen atoms in total. The third-order valence-corrected chi connectivity index (χ3v) is 12.4. The number of hydroxylamine groups is 1. The van der Waals surface area contributed by atoms with Gasteiger partial charge in [-0.1, -0.05) is 64.5 Å². The summed E-state index contributed by atoms with van der Waals surface area (Å²) in [5, 5.41) is 28.7. The molecule has 2 aromatic rings. The van der Waals surface area contributed by atoms with E-state index in [1.54, 1.807) is 23.8 Å². The summed E-state index contributed by atoms with van der Waals surface area (Å²) in [7, 11) is -7.63. The maximum Gasteiger partial charge on any atom is 0.333 e. The van der Waals surface area contributed by atoms with Gasteiger partial charge in [0.25, 0.3) is 16.0 Å². The van der Waals surface area contributed by atoms with Gasteiger partial charge in [0.15, 0.2) is 0 Å². The average Bonchev–Trinajstić information content (AvgIpc) is 3.69. The summed E-state index contributed by atoms with van der Waals surface area (Å²) in [6, 6.07) is 6.93. The van der Waals surface area contributed by atoms with Crippen molar-refractivity contribution in [3.63, 3.8) is 0 Å². The normalized spacial score (nSPS) is 19.3. The van der Waals surface area contributed by atoms with Crippen LogP contribution in [-0.4, -0.2) is 95.3 Å². The van der Waals surface area contributed by atoms with Crippen LogP contribution in [0.25, 0.3) is 0 Å². The number of hydrogen-bond acceptors (Lipinski definition) is 13. The number of allylic oxidation sites excluding steroid dienone is 8. The van der Waals surface area contributed by atoms with E-state index in [1.807, 2.05) is 75.1 Å². The smallest absolute Gasteiger partial charge is 0.333 e. The zero-order valence-corrected chi connectivity index (χ0v) is 35.2. The third kappa shape index (κ3) is 10.4. The van der Waals surface area contributed by atoms with Crippen LogP contribution in [0.1, 0.15) is 65.4 Å². The van der Waals surface area contributed by atoms with Crippen LogP contribution >= 0.6 is 0 Å². The highest BCUT2D eigenvalue weighted by atomic mass is 32.2. The van der Waals surface area contributed by atoms with Crippen LogP contribution in [0, 0.1) is 5.41 Å². The van der Waals surface area contributed by atoms with Crippen LogP contribution in [-0.2, 0) is 35.0 Å². The fourth-order valence-electron chi connectivity index (χ4n) is 7.33. The summed E-state index contributed by atoms with van der Waals surface area (Å²) in [4.78, 5) is 38.4. The molecule has 1 amide bonds. The SMILES string of the molecule is CC1(C)C2=CC(C(=O)NO)=CN(CCCS(C)(=O)=O)C2N=C1C=CC=CC=CC=C1N(CCCCCC(=O)On2c(O)ccc2O)c2ccc(S(=O)(=O)O)cc2C1(C)C. The standard InChI is InChI=1S/C41H51N5O11S2/c1-40(2)31-25-28(39(50)43-51)27-44(22-14-24-58(5,52)53)38(31)42-33(40)15-10-7-6-8-11-16-34-41(3,4)30-26-29(59(54,55)56)18-19-32(30)45(34)23-13-9-12-17-37(49)57-46-35(47)20-21-36(46)48/h6-8,10-11,15-16,18-21,25-27,38,47-48,51H,9,12-14,17,22-24H2,1-5H3,(H,43,50)(H,54,55,56). The molecule has 1 aromatic heterocycles. The molecule has 0 fully saturated rings. The van der Waals surface area contributed by atoms with Gasteiger partial charge in [0.1, 0.15) is 16.0 Å². The van der Waals surface area contributed by atoms with E-state index >= 15 is 0 Å². The maximum atomic E-state index is 12.4. The van der Waals surface area contributed by atoms with Crippen molar-refractivity contribution < 1.29 is 51.2 Å². The molecule has 0 aliphatic carbocycles. The summed E-state index contributed by atoms with van der Waals surface area (Å²) in [5.41, 5.74) is 4.67. The first-order valence-electron chi connectivity index (χ1n) is 19.0. The molecule has 3 aliphatic rings. The maximum absolute atomic E-state index is 12.4. The molecule has 5 N–H and O–H groups in total. The van der Waals surface area contributed by atoms with Gasteiger partial charge in [0, 0.05) is 72.0 Å². The van der Waals surface area contributed by atoms with Gasteiger partial charge in [0.05, 0.1) is 16.2 Å². The van der Waals surface area contributed by atoms with E-state index in [0.29, 0.717) is 43.5 Å². The largest absolute Gasteiger partial charge is 0.492 e. The highest BCUT2D eigenvalue weighted by molar-refractivity contribution is 7.90. The van der Waals surface area contributed by atoms with Crippen molar-refractivity contribution in [1.29, 1.82) is 0 Å². The number of anilines is 1. The minimum absolute atomic E-state index is 0.0199. The molecule has 0 saturated carbocycles. The van der Waals surface area contributed by atoms with E-state index < -0.39 is 60.6 Å². The summed E-state index contributed by atoms with van der Waals surface area (Å²) in [6.45, 7) is 8.78. The van der Waals surface area contributed by atoms with Crippen molar-refractivity contribution in [3.8, 4) is 11.8 Å². The lowest BCUT2D eigenvalue weighted by Crippen LogP contribution is -2.38.